The Morgan fingerprint density at radius 1 is 0.562 bits per heavy atom. The summed E-state index contributed by atoms with van der Waals surface area (Å²) in [6, 6.07) is 0. The Balaban J connectivity index is 4.16. The summed E-state index contributed by atoms with van der Waals surface area (Å²) >= 11 is 0. The molecule has 0 N–H and O–H groups in total. The smallest absolute Gasteiger partial charge is 0.0283 e. The van der Waals surface area contributed by atoms with E-state index in [1.54, 1.807) is 0 Å². The van der Waals surface area contributed by atoms with Crippen LogP contribution in [0.25, 0.3) is 0 Å². The van der Waals surface area contributed by atoms with Gasteiger partial charge in [0.1, 0.15) is 0 Å². The molecule has 0 spiro atoms. The van der Waals surface area contributed by atoms with Gasteiger partial charge in [-0.15, -0.1) is 0 Å². The summed E-state index contributed by atoms with van der Waals surface area (Å²) in [5.41, 5.74) is 5.62. The Hall–Kier alpha value is -1.04. The van der Waals surface area contributed by atoms with Crippen molar-refractivity contribution in [3.8, 4) is 0 Å². The quantitative estimate of drug-likeness (QED) is 0.527. The van der Waals surface area contributed by atoms with Crippen molar-refractivity contribution in [1.29, 1.82) is 0 Å². The molecule has 0 heteroatoms. The lowest BCUT2D eigenvalue weighted by Gasteiger charge is -2.01. The maximum absolute atomic E-state index is 2.23. The molecule has 0 heterocycles. The second kappa shape index (κ2) is 8.15. The van der Waals surface area contributed by atoms with Crippen LogP contribution < -0.4 is 0 Å². The van der Waals surface area contributed by atoms with Crippen LogP contribution in [0.3, 0.4) is 0 Å². The van der Waals surface area contributed by atoms with Crippen LogP contribution in [-0.2, 0) is 0 Å². The van der Waals surface area contributed by atoms with Gasteiger partial charge in [-0.2, -0.15) is 0 Å². The van der Waals surface area contributed by atoms with Crippen molar-refractivity contribution in [2.75, 3.05) is 0 Å². The van der Waals surface area contributed by atoms with Gasteiger partial charge in [0.05, 0.1) is 0 Å². The van der Waals surface area contributed by atoms with E-state index in [2.05, 4.69) is 65.8 Å². The minimum Gasteiger partial charge on any atom is -0.0764 e. The summed E-state index contributed by atoms with van der Waals surface area (Å²) in [5.74, 6) is 0. The Kier molecular flexibility index (Phi) is 7.62. The van der Waals surface area contributed by atoms with Crippen LogP contribution in [-0.4, -0.2) is 0 Å². The van der Waals surface area contributed by atoms with E-state index in [-0.39, 0.29) is 0 Å². The van der Waals surface area contributed by atoms with E-state index in [0.29, 0.717) is 0 Å². The van der Waals surface area contributed by atoms with Gasteiger partial charge >= 0.3 is 0 Å². The van der Waals surface area contributed by atoms with Crippen LogP contribution in [0.1, 0.15) is 54.4 Å². The Morgan fingerprint density at radius 3 is 1.12 bits per heavy atom. The van der Waals surface area contributed by atoms with Gasteiger partial charge in [-0.3, -0.25) is 0 Å². The van der Waals surface area contributed by atoms with Gasteiger partial charge in [-0.1, -0.05) is 46.6 Å². The minimum absolute atomic E-state index is 1.16. The summed E-state index contributed by atoms with van der Waals surface area (Å²) in [6.45, 7) is 12.9. The molecule has 0 bridgehead atoms. The first-order chi connectivity index (χ1) is 7.41. The van der Waals surface area contributed by atoms with E-state index in [1.165, 1.54) is 22.3 Å². The Morgan fingerprint density at radius 2 is 0.875 bits per heavy atom. The topological polar surface area (TPSA) is 0 Å². The first-order valence-corrected chi connectivity index (χ1v) is 6.03. The first-order valence-electron chi connectivity index (χ1n) is 6.03. The zero-order valence-electron chi connectivity index (χ0n) is 11.7. The number of rotatable bonds is 5. The highest BCUT2D eigenvalue weighted by molar-refractivity contribution is 5.18. The fourth-order valence-corrected chi connectivity index (χ4v) is 1.18. The maximum atomic E-state index is 2.23. The number of allylic oxidation sites excluding steroid dienone is 8. The summed E-state index contributed by atoms with van der Waals surface area (Å²) in [5, 5.41) is 0. The van der Waals surface area contributed by atoms with Gasteiger partial charge < -0.3 is 0 Å². The molecule has 0 aromatic carbocycles. The third-order valence-corrected chi connectivity index (χ3v) is 2.32. The Bertz CT molecular complexity index is 280. The van der Waals surface area contributed by atoms with Crippen molar-refractivity contribution in [2.45, 2.75) is 54.4 Å². The van der Waals surface area contributed by atoms with Crippen molar-refractivity contribution in [3.05, 3.63) is 46.6 Å². The van der Waals surface area contributed by atoms with Gasteiger partial charge in [0, 0.05) is 0 Å². The van der Waals surface area contributed by atoms with E-state index >= 15 is 0 Å². The van der Waals surface area contributed by atoms with E-state index in [1.807, 2.05) is 0 Å². The molecule has 0 rings (SSSR count). The van der Waals surface area contributed by atoms with Crippen LogP contribution in [0.5, 0.6) is 0 Å². The highest BCUT2D eigenvalue weighted by atomic mass is 14.0. The van der Waals surface area contributed by atoms with Gasteiger partial charge in [0.15, 0.2) is 0 Å². The molecule has 0 saturated heterocycles. The standard InChI is InChI=1S/C16H26/c1-13(2)7-9-15(5)11-12-16(6)10-8-14(3)4/h7-10H,11-12H2,1-6H3/b15-9+,16-10+. The summed E-state index contributed by atoms with van der Waals surface area (Å²) in [7, 11) is 0. The number of hydrogen-bond donors (Lipinski definition) is 0. The van der Waals surface area contributed by atoms with Crippen LogP contribution in [0.4, 0.5) is 0 Å². The number of hydrogen-bond acceptors (Lipinski definition) is 0. The molecular weight excluding hydrogens is 192 g/mol. The minimum atomic E-state index is 1.16. The van der Waals surface area contributed by atoms with E-state index in [0.717, 1.165) is 12.8 Å². The molecule has 90 valence electrons. The third-order valence-electron chi connectivity index (χ3n) is 2.32. The molecule has 0 aromatic rings. The average molecular weight is 218 g/mol. The van der Waals surface area contributed by atoms with Crippen LogP contribution >= 0.6 is 0 Å². The molecule has 0 saturated carbocycles. The fourth-order valence-electron chi connectivity index (χ4n) is 1.18. The van der Waals surface area contributed by atoms with Crippen LogP contribution in [0, 0.1) is 0 Å². The Labute approximate surface area is 101 Å². The van der Waals surface area contributed by atoms with Gasteiger partial charge in [-0.25, -0.2) is 0 Å². The first kappa shape index (κ1) is 15.0. The van der Waals surface area contributed by atoms with E-state index in [9.17, 15) is 0 Å². The van der Waals surface area contributed by atoms with Gasteiger partial charge in [0.25, 0.3) is 0 Å². The second-order valence-electron chi connectivity index (χ2n) is 5.01. The molecule has 0 nitrogen and oxygen atoms in total. The molecule has 16 heavy (non-hydrogen) atoms. The molecule has 0 unspecified atom stereocenters. The van der Waals surface area contributed by atoms with Crippen LogP contribution in [0.2, 0.25) is 0 Å². The predicted octanol–water partition coefficient (Wildman–Crippen LogP) is 5.59. The lowest BCUT2D eigenvalue weighted by atomic mass is 10.1. The van der Waals surface area contributed by atoms with Crippen molar-refractivity contribution < 1.29 is 0 Å². The zero-order valence-corrected chi connectivity index (χ0v) is 11.7. The molecule has 0 aliphatic heterocycles. The predicted molar refractivity (Wildman–Crippen MR) is 75.6 cm³/mol. The molecule has 0 aliphatic carbocycles. The molecule has 0 aromatic heterocycles. The van der Waals surface area contributed by atoms with E-state index in [4.69, 9.17) is 0 Å². The summed E-state index contributed by atoms with van der Waals surface area (Å²) < 4.78 is 0. The molecule has 0 atom stereocenters. The molecular formula is C16H26. The van der Waals surface area contributed by atoms with Crippen molar-refractivity contribution in [2.24, 2.45) is 0 Å². The normalized spacial score (nSPS) is 12.4. The highest BCUT2D eigenvalue weighted by Crippen LogP contribution is 2.11. The van der Waals surface area contributed by atoms with Crippen molar-refractivity contribution in [1.82, 2.24) is 0 Å². The van der Waals surface area contributed by atoms with Gasteiger partial charge in [0.2, 0.25) is 0 Å². The summed E-state index contributed by atoms with van der Waals surface area (Å²) in [4.78, 5) is 0. The average Bonchev–Trinajstić information content (AvgIpc) is 2.20. The van der Waals surface area contributed by atoms with Crippen LogP contribution in [0.15, 0.2) is 46.6 Å². The zero-order chi connectivity index (χ0) is 12.6. The molecule has 0 fully saturated rings. The lowest BCUT2D eigenvalue weighted by Crippen LogP contribution is -1.81. The SMILES string of the molecule is CC(C)=C/C=C(\C)CC/C(C)=C/C=C(C)C. The monoisotopic (exact) mass is 218 g/mol. The molecule has 0 radical (unpaired) electrons. The largest absolute Gasteiger partial charge is 0.0764 e. The lowest BCUT2D eigenvalue weighted by molar-refractivity contribution is 0.924. The second-order valence-corrected chi connectivity index (χ2v) is 5.01. The van der Waals surface area contributed by atoms with Gasteiger partial charge in [-0.05, 0) is 54.4 Å². The highest BCUT2D eigenvalue weighted by Gasteiger charge is 1.91. The fraction of sp³-hybridized carbons (Fsp3) is 0.500. The van der Waals surface area contributed by atoms with Crippen molar-refractivity contribution in [3.63, 3.8) is 0 Å². The van der Waals surface area contributed by atoms with E-state index < -0.39 is 0 Å². The van der Waals surface area contributed by atoms with Crippen molar-refractivity contribution >= 4 is 0 Å². The molecule has 0 amide bonds. The molecule has 0 aliphatic rings. The maximum Gasteiger partial charge on any atom is -0.0283 e. The third kappa shape index (κ3) is 9.51. The summed E-state index contributed by atoms with van der Waals surface area (Å²) in [6.07, 6.45) is 11.1.